The van der Waals surface area contributed by atoms with E-state index < -0.39 is 0 Å². The zero-order chi connectivity index (χ0) is 17.2. The number of amides is 2. The minimum absolute atomic E-state index is 0.0105. The SMILES string of the molecule is O=C1NC(CC(=O)N2CCOCC2)NC2SC=C(c3ccccc3)C12. The van der Waals surface area contributed by atoms with Gasteiger partial charge in [-0.1, -0.05) is 30.3 Å². The van der Waals surface area contributed by atoms with Crippen LogP contribution in [0.1, 0.15) is 12.0 Å². The van der Waals surface area contributed by atoms with Gasteiger partial charge in [-0.2, -0.15) is 0 Å². The lowest BCUT2D eigenvalue weighted by Crippen LogP contribution is -2.60. The summed E-state index contributed by atoms with van der Waals surface area (Å²) in [5, 5.41) is 8.43. The van der Waals surface area contributed by atoms with E-state index in [1.54, 1.807) is 16.7 Å². The molecule has 2 N–H and O–H groups in total. The number of morpholine rings is 1. The van der Waals surface area contributed by atoms with E-state index in [1.807, 2.05) is 30.3 Å². The minimum Gasteiger partial charge on any atom is -0.378 e. The first kappa shape index (κ1) is 16.6. The zero-order valence-electron chi connectivity index (χ0n) is 13.8. The van der Waals surface area contributed by atoms with Crippen molar-refractivity contribution in [1.29, 1.82) is 0 Å². The van der Waals surface area contributed by atoms with Gasteiger partial charge in [-0.25, -0.2) is 0 Å². The number of thioether (sulfide) groups is 1. The molecule has 2 fully saturated rings. The van der Waals surface area contributed by atoms with Crippen LogP contribution in [0.5, 0.6) is 0 Å². The molecule has 25 heavy (non-hydrogen) atoms. The second-order valence-electron chi connectivity index (χ2n) is 6.40. The molecule has 0 saturated carbocycles. The maximum atomic E-state index is 12.7. The van der Waals surface area contributed by atoms with Gasteiger partial charge in [0, 0.05) is 13.1 Å². The molecular weight excluding hydrogens is 338 g/mol. The fourth-order valence-corrected chi connectivity index (χ4v) is 4.73. The van der Waals surface area contributed by atoms with Crippen LogP contribution < -0.4 is 10.6 Å². The molecule has 3 unspecified atom stereocenters. The maximum absolute atomic E-state index is 12.7. The molecule has 1 aromatic carbocycles. The molecule has 2 saturated heterocycles. The van der Waals surface area contributed by atoms with Gasteiger partial charge in [-0.3, -0.25) is 14.9 Å². The highest BCUT2D eigenvalue weighted by molar-refractivity contribution is 8.03. The molecule has 0 spiro atoms. The second-order valence-corrected chi connectivity index (χ2v) is 7.41. The van der Waals surface area contributed by atoms with Crippen LogP contribution in [0.4, 0.5) is 0 Å². The molecule has 1 aromatic rings. The van der Waals surface area contributed by atoms with Gasteiger partial charge in [-0.05, 0) is 16.5 Å². The van der Waals surface area contributed by atoms with Crippen molar-refractivity contribution in [3.8, 4) is 0 Å². The summed E-state index contributed by atoms with van der Waals surface area (Å²) in [4.78, 5) is 26.9. The van der Waals surface area contributed by atoms with Crippen LogP contribution in [-0.2, 0) is 14.3 Å². The molecule has 3 atom stereocenters. The van der Waals surface area contributed by atoms with E-state index in [-0.39, 0.29) is 35.7 Å². The van der Waals surface area contributed by atoms with Crippen LogP contribution >= 0.6 is 11.8 Å². The molecule has 0 bridgehead atoms. The molecule has 4 rings (SSSR count). The van der Waals surface area contributed by atoms with Crippen molar-refractivity contribution in [3.63, 3.8) is 0 Å². The Morgan fingerprint density at radius 3 is 2.76 bits per heavy atom. The summed E-state index contributed by atoms with van der Waals surface area (Å²) in [5.41, 5.74) is 2.11. The Balaban J connectivity index is 1.40. The van der Waals surface area contributed by atoms with Gasteiger partial charge >= 0.3 is 0 Å². The maximum Gasteiger partial charge on any atom is 0.231 e. The monoisotopic (exact) mass is 359 g/mol. The Bertz CT molecular complexity index is 688. The molecule has 7 heteroatoms. The van der Waals surface area contributed by atoms with Crippen molar-refractivity contribution in [2.45, 2.75) is 18.0 Å². The van der Waals surface area contributed by atoms with E-state index in [0.717, 1.165) is 11.1 Å². The topological polar surface area (TPSA) is 70.7 Å². The number of nitrogens with zero attached hydrogens (tertiary/aromatic N) is 1. The van der Waals surface area contributed by atoms with E-state index >= 15 is 0 Å². The van der Waals surface area contributed by atoms with Crippen molar-refractivity contribution < 1.29 is 14.3 Å². The average Bonchev–Trinajstić information content (AvgIpc) is 3.08. The van der Waals surface area contributed by atoms with Gasteiger partial charge in [0.1, 0.15) is 0 Å². The third-order valence-corrected chi connectivity index (χ3v) is 5.88. The lowest BCUT2D eigenvalue weighted by atomic mass is 9.91. The summed E-state index contributed by atoms with van der Waals surface area (Å²) < 4.78 is 5.28. The Morgan fingerprint density at radius 1 is 1.24 bits per heavy atom. The van der Waals surface area contributed by atoms with Crippen molar-refractivity contribution in [2.75, 3.05) is 26.3 Å². The van der Waals surface area contributed by atoms with Crippen molar-refractivity contribution in [3.05, 3.63) is 41.3 Å². The number of carbonyl (C=O) groups excluding carboxylic acids is 2. The lowest BCUT2D eigenvalue weighted by Gasteiger charge is -2.35. The highest BCUT2D eigenvalue weighted by atomic mass is 32.2. The van der Waals surface area contributed by atoms with E-state index in [9.17, 15) is 9.59 Å². The number of fused-ring (bicyclic) bond motifs is 1. The van der Waals surface area contributed by atoms with Gasteiger partial charge in [0.05, 0.1) is 37.1 Å². The Morgan fingerprint density at radius 2 is 2.00 bits per heavy atom. The molecule has 6 nitrogen and oxygen atoms in total. The van der Waals surface area contributed by atoms with Crippen LogP contribution in [0.2, 0.25) is 0 Å². The second kappa shape index (κ2) is 7.19. The predicted molar refractivity (Wildman–Crippen MR) is 96.4 cm³/mol. The number of ether oxygens (including phenoxy) is 1. The standard InChI is InChI=1S/C18H21N3O3S/c22-15(21-6-8-24-9-7-21)10-14-19-17(23)16-13(11-25-18(16)20-14)12-4-2-1-3-5-12/h1-5,11,14,16,18,20H,6-10H2,(H,19,23). The number of rotatable bonds is 3. The summed E-state index contributed by atoms with van der Waals surface area (Å²) >= 11 is 1.62. The van der Waals surface area contributed by atoms with E-state index in [4.69, 9.17) is 4.74 Å². The molecule has 3 heterocycles. The molecule has 0 aliphatic carbocycles. The van der Waals surface area contributed by atoms with Crippen LogP contribution in [0.15, 0.2) is 35.7 Å². The largest absolute Gasteiger partial charge is 0.378 e. The quantitative estimate of drug-likeness (QED) is 0.843. The molecule has 132 valence electrons. The molecular formula is C18H21N3O3S. The summed E-state index contributed by atoms with van der Waals surface area (Å²) in [5.74, 6) is -0.176. The first-order valence-electron chi connectivity index (χ1n) is 8.55. The van der Waals surface area contributed by atoms with E-state index in [0.29, 0.717) is 26.3 Å². The predicted octanol–water partition coefficient (Wildman–Crippen LogP) is 1.01. The third-order valence-electron chi connectivity index (χ3n) is 4.79. The zero-order valence-corrected chi connectivity index (χ0v) is 14.6. The van der Waals surface area contributed by atoms with Crippen molar-refractivity contribution in [2.24, 2.45) is 5.92 Å². The van der Waals surface area contributed by atoms with E-state index in [2.05, 4.69) is 16.0 Å². The third kappa shape index (κ3) is 3.44. The van der Waals surface area contributed by atoms with Crippen LogP contribution in [0.3, 0.4) is 0 Å². The first-order chi connectivity index (χ1) is 12.2. The van der Waals surface area contributed by atoms with Gasteiger partial charge in [-0.15, -0.1) is 11.8 Å². The number of benzene rings is 1. The normalized spacial score (nSPS) is 29.0. The summed E-state index contributed by atoms with van der Waals surface area (Å²) in [6.07, 6.45) is -0.0453. The average molecular weight is 359 g/mol. The van der Waals surface area contributed by atoms with Crippen LogP contribution in [0.25, 0.3) is 5.57 Å². The smallest absolute Gasteiger partial charge is 0.231 e. The summed E-state index contributed by atoms with van der Waals surface area (Å²) in [6, 6.07) is 9.97. The highest BCUT2D eigenvalue weighted by Crippen LogP contribution is 2.41. The molecule has 3 aliphatic heterocycles. The number of nitrogens with one attached hydrogen (secondary N) is 2. The van der Waals surface area contributed by atoms with Gasteiger partial charge in [0.2, 0.25) is 11.8 Å². The molecule has 2 amide bonds. The Labute approximate surface area is 151 Å². The molecule has 3 aliphatic rings. The minimum atomic E-state index is -0.319. The van der Waals surface area contributed by atoms with Crippen molar-refractivity contribution >= 4 is 29.1 Å². The Kier molecular flexibility index (Phi) is 4.78. The number of hydrogen-bond donors (Lipinski definition) is 2. The number of hydrogen-bond acceptors (Lipinski definition) is 5. The summed E-state index contributed by atoms with van der Waals surface area (Å²) in [7, 11) is 0. The first-order valence-corrected chi connectivity index (χ1v) is 9.49. The van der Waals surface area contributed by atoms with Gasteiger partial charge in [0.15, 0.2) is 0 Å². The fourth-order valence-electron chi connectivity index (χ4n) is 3.48. The summed E-state index contributed by atoms with van der Waals surface area (Å²) in [6.45, 7) is 2.42. The van der Waals surface area contributed by atoms with Crippen LogP contribution in [0, 0.1) is 5.92 Å². The van der Waals surface area contributed by atoms with Crippen molar-refractivity contribution in [1.82, 2.24) is 15.5 Å². The van der Waals surface area contributed by atoms with Crippen LogP contribution in [-0.4, -0.2) is 54.6 Å². The highest BCUT2D eigenvalue weighted by Gasteiger charge is 2.42. The fraction of sp³-hybridized carbons (Fsp3) is 0.444. The molecule has 0 aromatic heterocycles. The number of carbonyl (C=O) groups is 2. The van der Waals surface area contributed by atoms with Gasteiger partial charge < -0.3 is 15.0 Å². The van der Waals surface area contributed by atoms with Gasteiger partial charge in [0.25, 0.3) is 0 Å². The molecule has 0 radical (unpaired) electrons. The Hall–Kier alpha value is -1.83. The lowest BCUT2D eigenvalue weighted by molar-refractivity contribution is -0.136. The van der Waals surface area contributed by atoms with E-state index in [1.165, 1.54) is 0 Å².